The van der Waals surface area contributed by atoms with Crippen molar-refractivity contribution in [2.75, 3.05) is 0 Å². The summed E-state index contributed by atoms with van der Waals surface area (Å²) in [7, 11) is 0. The Kier molecular flexibility index (Phi) is 3.76. The van der Waals surface area contributed by atoms with E-state index in [-0.39, 0.29) is 6.04 Å². The normalized spacial score (nSPS) is 17.9. The van der Waals surface area contributed by atoms with Crippen molar-refractivity contribution in [2.45, 2.75) is 38.1 Å². The van der Waals surface area contributed by atoms with Crippen LogP contribution in [0.1, 0.15) is 43.7 Å². The van der Waals surface area contributed by atoms with Gasteiger partial charge in [0.05, 0.1) is 5.52 Å². The predicted octanol–water partition coefficient (Wildman–Crippen LogP) is 3.32. The smallest absolute Gasteiger partial charge is 0.0705 e. The van der Waals surface area contributed by atoms with E-state index in [1.165, 1.54) is 36.6 Å². The number of hydrogen-bond donors (Lipinski definition) is 2. The molecule has 3 N–H and O–H groups in total. The Hall–Kier alpha value is -1.45. The number of nitrogens with one attached hydrogen (secondary N) is 1. The summed E-state index contributed by atoms with van der Waals surface area (Å²) in [6.07, 6.45) is 8.42. The number of hydrazine groups is 1. The minimum absolute atomic E-state index is 0.232. The number of nitrogens with zero attached hydrogens (tertiary/aromatic N) is 1. The average molecular weight is 255 g/mol. The van der Waals surface area contributed by atoms with Crippen LogP contribution in [-0.2, 0) is 0 Å². The summed E-state index contributed by atoms with van der Waals surface area (Å²) < 4.78 is 0. The Balaban J connectivity index is 1.91. The molecule has 1 aliphatic rings. The molecule has 0 amide bonds. The minimum atomic E-state index is 0.232. The number of fused-ring (bicyclic) bond motifs is 1. The van der Waals surface area contributed by atoms with Gasteiger partial charge in [0.15, 0.2) is 0 Å². The Morgan fingerprint density at radius 1 is 1.21 bits per heavy atom. The van der Waals surface area contributed by atoms with Crippen molar-refractivity contribution in [3.63, 3.8) is 0 Å². The van der Waals surface area contributed by atoms with E-state index in [0.717, 1.165) is 17.9 Å². The van der Waals surface area contributed by atoms with E-state index in [2.05, 4.69) is 34.7 Å². The molecule has 0 radical (unpaired) electrons. The van der Waals surface area contributed by atoms with Crippen molar-refractivity contribution in [3.05, 3.63) is 42.1 Å². The lowest BCUT2D eigenvalue weighted by Crippen LogP contribution is -2.29. The van der Waals surface area contributed by atoms with Gasteiger partial charge in [-0.15, -0.1) is 0 Å². The Bertz CT molecular complexity index is 541. The molecule has 2 aromatic rings. The summed E-state index contributed by atoms with van der Waals surface area (Å²) in [6, 6.07) is 10.7. The molecule has 1 aliphatic carbocycles. The molecule has 1 aromatic heterocycles. The molecular formula is C16H21N3. The van der Waals surface area contributed by atoms with E-state index in [0.29, 0.717) is 0 Å². The molecule has 0 spiro atoms. The van der Waals surface area contributed by atoms with Crippen LogP contribution in [0.25, 0.3) is 10.9 Å². The molecule has 3 nitrogen and oxygen atoms in total. The molecular weight excluding hydrogens is 234 g/mol. The molecule has 0 bridgehead atoms. The van der Waals surface area contributed by atoms with E-state index in [9.17, 15) is 0 Å². The lowest BCUT2D eigenvalue weighted by molar-refractivity contribution is 0.402. The van der Waals surface area contributed by atoms with E-state index < -0.39 is 0 Å². The van der Waals surface area contributed by atoms with Crippen molar-refractivity contribution in [3.8, 4) is 0 Å². The maximum absolute atomic E-state index is 5.80. The number of hydrogen-bond acceptors (Lipinski definition) is 3. The van der Waals surface area contributed by atoms with E-state index in [4.69, 9.17) is 5.84 Å². The molecule has 0 aliphatic heterocycles. The highest BCUT2D eigenvalue weighted by molar-refractivity contribution is 5.82. The van der Waals surface area contributed by atoms with Crippen molar-refractivity contribution in [1.82, 2.24) is 10.4 Å². The highest BCUT2D eigenvalue weighted by Crippen LogP contribution is 2.34. The van der Waals surface area contributed by atoms with E-state index in [1.54, 1.807) is 0 Å². The second kappa shape index (κ2) is 5.68. The molecule has 1 saturated carbocycles. The lowest BCUT2D eigenvalue weighted by Gasteiger charge is -2.21. The van der Waals surface area contributed by atoms with Gasteiger partial charge in [-0.2, -0.15) is 0 Å². The highest BCUT2D eigenvalue weighted by Gasteiger charge is 2.21. The molecule has 1 atom stereocenters. The zero-order chi connectivity index (χ0) is 13.1. The van der Waals surface area contributed by atoms with Gasteiger partial charge in [0.2, 0.25) is 0 Å². The summed E-state index contributed by atoms with van der Waals surface area (Å²) in [5, 5.41) is 1.21. The molecule has 3 heteroatoms. The molecule has 3 rings (SSSR count). The second-order valence-corrected chi connectivity index (χ2v) is 5.52. The third-order valence-electron chi connectivity index (χ3n) is 4.30. The van der Waals surface area contributed by atoms with Crippen LogP contribution in [0.4, 0.5) is 0 Å². The van der Waals surface area contributed by atoms with Crippen molar-refractivity contribution in [1.29, 1.82) is 0 Å². The Morgan fingerprint density at radius 2 is 2.05 bits per heavy atom. The Morgan fingerprint density at radius 3 is 2.84 bits per heavy atom. The molecule has 1 heterocycles. The number of aromatic nitrogens is 1. The summed E-state index contributed by atoms with van der Waals surface area (Å²) in [5.41, 5.74) is 5.34. The van der Waals surface area contributed by atoms with Gasteiger partial charge in [-0.05, 0) is 30.0 Å². The molecule has 0 saturated heterocycles. The first-order valence-electron chi connectivity index (χ1n) is 7.18. The van der Waals surface area contributed by atoms with Gasteiger partial charge < -0.3 is 0 Å². The second-order valence-electron chi connectivity index (χ2n) is 5.52. The van der Waals surface area contributed by atoms with Crippen molar-refractivity contribution < 1.29 is 0 Å². The predicted molar refractivity (Wildman–Crippen MR) is 78.4 cm³/mol. The SMILES string of the molecule is NNC(CC1CCCC1)c1cccc2ncccc12. The third kappa shape index (κ3) is 2.62. The molecule has 100 valence electrons. The first-order chi connectivity index (χ1) is 9.38. The number of benzene rings is 1. The monoisotopic (exact) mass is 255 g/mol. The van der Waals surface area contributed by atoms with Crippen LogP contribution in [0, 0.1) is 5.92 Å². The largest absolute Gasteiger partial charge is 0.271 e. The lowest BCUT2D eigenvalue weighted by atomic mass is 9.92. The highest BCUT2D eigenvalue weighted by atomic mass is 15.2. The molecule has 1 fully saturated rings. The molecule has 1 unspecified atom stereocenters. The van der Waals surface area contributed by atoms with Crippen LogP contribution in [0.2, 0.25) is 0 Å². The van der Waals surface area contributed by atoms with Crippen LogP contribution < -0.4 is 11.3 Å². The summed E-state index contributed by atoms with van der Waals surface area (Å²) in [4.78, 5) is 4.42. The Labute approximate surface area is 114 Å². The van der Waals surface area contributed by atoms with Gasteiger partial charge in [-0.3, -0.25) is 16.3 Å². The van der Waals surface area contributed by atoms with Gasteiger partial charge in [0.1, 0.15) is 0 Å². The van der Waals surface area contributed by atoms with Gasteiger partial charge in [0.25, 0.3) is 0 Å². The summed E-state index contributed by atoms with van der Waals surface area (Å²) in [6.45, 7) is 0. The van der Waals surface area contributed by atoms with Crippen molar-refractivity contribution >= 4 is 10.9 Å². The number of rotatable bonds is 4. The zero-order valence-electron chi connectivity index (χ0n) is 11.2. The van der Waals surface area contributed by atoms with Gasteiger partial charge in [0, 0.05) is 17.6 Å². The van der Waals surface area contributed by atoms with Crippen LogP contribution in [0.15, 0.2) is 36.5 Å². The minimum Gasteiger partial charge on any atom is -0.271 e. The maximum Gasteiger partial charge on any atom is 0.0705 e. The van der Waals surface area contributed by atoms with E-state index in [1.807, 2.05) is 12.3 Å². The third-order valence-corrected chi connectivity index (χ3v) is 4.30. The molecule has 1 aromatic carbocycles. The van der Waals surface area contributed by atoms with Crippen LogP contribution >= 0.6 is 0 Å². The van der Waals surface area contributed by atoms with Crippen molar-refractivity contribution in [2.24, 2.45) is 11.8 Å². The zero-order valence-corrected chi connectivity index (χ0v) is 11.2. The first kappa shape index (κ1) is 12.6. The fourth-order valence-electron chi connectivity index (χ4n) is 3.30. The first-order valence-corrected chi connectivity index (χ1v) is 7.18. The topological polar surface area (TPSA) is 50.9 Å². The van der Waals surface area contributed by atoms with Gasteiger partial charge in [-0.1, -0.05) is 43.9 Å². The standard InChI is InChI=1S/C16H21N3/c17-19-16(11-12-5-1-2-6-12)14-7-3-9-15-13(14)8-4-10-18-15/h3-4,7-10,12,16,19H,1-2,5-6,11,17H2. The van der Waals surface area contributed by atoms with Gasteiger partial charge >= 0.3 is 0 Å². The number of nitrogens with two attached hydrogens (primary N) is 1. The summed E-state index contributed by atoms with van der Waals surface area (Å²) in [5.74, 6) is 6.62. The maximum atomic E-state index is 5.80. The number of pyridine rings is 1. The van der Waals surface area contributed by atoms with Crippen LogP contribution in [0.3, 0.4) is 0 Å². The van der Waals surface area contributed by atoms with Crippen LogP contribution in [0.5, 0.6) is 0 Å². The van der Waals surface area contributed by atoms with E-state index >= 15 is 0 Å². The van der Waals surface area contributed by atoms with Crippen LogP contribution in [-0.4, -0.2) is 4.98 Å². The quantitative estimate of drug-likeness (QED) is 0.651. The fraction of sp³-hybridized carbons (Fsp3) is 0.438. The fourth-order valence-corrected chi connectivity index (χ4v) is 3.30. The van der Waals surface area contributed by atoms with Gasteiger partial charge in [-0.25, -0.2) is 0 Å². The molecule has 19 heavy (non-hydrogen) atoms. The summed E-state index contributed by atoms with van der Waals surface area (Å²) >= 11 is 0. The average Bonchev–Trinajstić information content (AvgIpc) is 2.97.